The van der Waals surface area contributed by atoms with Crippen LogP contribution in [0.4, 0.5) is 0 Å². The molecule has 0 aromatic rings. The molecule has 1 fully saturated rings. The van der Waals surface area contributed by atoms with E-state index in [2.05, 4.69) is 25.6 Å². The Morgan fingerprint density at radius 1 is 1.86 bits per heavy atom. The van der Waals surface area contributed by atoms with E-state index in [0.29, 0.717) is 5.94 Å². The van der Waals surface area contributed by atoms with Gasteiger partial charge in [-0.25, -0.2) is 0 Å². The van der Waals surface area contributed by atoms with Crippen LogP contribution in [0.1, 0.15) is 26.2 Å². The lowest BCUT2D eigenvalue weighted by Crippen LogP contribution is -2.20. The molecule has 0 amide bonds. The molecule has 0 aromatic carbocycles. The number of thiocarbonyl (C=S) groups is 1. The zero-order valence-corrected chi connectivity index (χ0v) is 11.6. The molecule has 2 rings (SSSR count). The van der Waals surface area contributed by atoms with Crippen LogP contribution in [0.5, 0.6) is 0 Å². The highest BCUT2D eigenvalue weighted by atomic mass is 32.1. The first-order chi connectivity index (χ1) is 6.68. The number of rotatable bonds is 4. The van der Waals surface area contributed by atoms with Gasteiger partial charge in [-0.1, -0.05) is 23.5 Å². The lowest BCUT2D eigenvalue weighted by Gasteiger charge is -2.22. The molecule has 0 saturated heterocycles. The van der Waals surface area contributed by atoms with E-state index in [1.807, 2.05) is 0 Å². The number of fused-ring (bicyclic) bond motifs is 2. The van der Waals surface area contributed by atoms with Gasteiger partial charge in [-0.2, -0.15) is 12.6 Å². The maximum atomic E-state index is 5.49. The molecule has 14 heavy (non-hydrogen) atoms. The number of thiol groups is 1. The van der Waals surface area contributed by atoms with Crippen LogP contribution in [-0.2, 0) is 4.43 Å². The van der Waals surface area contributed by atoms with Gasteiger partial charge in [0.2, 0.25) is 0 Å². The van der Waals surface area contributed by atoms with Gasteiger partial charge in [-0.05, 0) is 37.0 Å². The summed E-state index contributed by atoms with van der Waals surface area (Å²) in [5.41, 5.74) is 0.280. The second-order valence-corrected chi connectivity index (χ2v) is 6.73. The Hall–Kier alpha value is 0.357. The van der Waals surface area contributed by atoms with Crippen molar-refractivity contribution in [3.63, 3.8) is 0 Å². The van der Waals surface area contributed by atoms with Crippen molar-refractivity contribution in [2.75, 3.05) is 5.94 Å². The molecule has 1 nitrogen and oxygen atoms in total. The van der Waals surface area contributed by atoms with Crippen LogP contribution in [0, 0.1) is 11.3 Å². The van der Waals surface area contributed by atoms with Crippen molar-refractivity contribution in [3.05, 3.63) is 11.3 Å². The number of hydrogen-bond donors (Lipinski definition) is 1. The molecule has 0 spiro atoms. The number of allylic oxidation sites excluding steroid dienone is 2. The minimum absolute atomic E-state index is 0.280. The van der Waals surface area contributed by atoms with Gasteiger partial charge in [0.1, 0.15) is 0 Å². The summed E-state index contributed by atoms with van der Waals surface area (Å²) in [6.45, 7) is 2.10. The van der Waals surface area contributed by atoms with Crippen molar-refractivity contribution in [2.45, 2.75) is 26.2 Å². The fourth-order valence-electron chi connectivity index (χ4n) is 2.74. The average Bonchev–Trinajstić information content (AvgIpc) is 2.72. The topological polar surface area (TPSA) is 9.23 Å². The van der Waals surface area contributed by atoms with Crippen LogP contribution in [0.15, 0.2) is 11.3 Å². The molecule has 0 radical (unpaired) electrons. The minimum atomic E-state index is -0.484. The zero-order chi connectivity index (χ0) is 10.2. The molecule has 0 heterocycles. The summed E-state index contributed by atoms with van der Waals surface area (Å²) in [7, 11) is -0.484. The van der Waals surface area contributed by atoms with E-state index in [9.17, 15) is 0 Å². The summed E-state index contributed by atoms with van der Waals surface area (Å²) in [5.74, 6) is 1.36. The van der Waals surface area contributed by atoms with E-state index < -0.39 is 9.76 Å². The van der Waals surface area contributed by atoms with Gasteiger partial charge in [0, 0.05) is 5.41 Å². The molecule has 4 heteroatoms. The normalized spacial score (nSPS) is 35.6. The highest BCUT2D eigenvalue weighted by Gasteiger charge is 2.45. The quantitative estimate of drug-likeness (QED) is 0.351. The first-order valence-electron chi connectivity index (χ1n) is 5.09. The molecular weight excluding hydrogens is 228 g/mol. The molecule has 0 N–H and O–H groups in total. The van der Waals surface area contributed by atoms with Crippen molar-refractivity contribution < 1.29 is 4.43 Å². The Balaban J connectivity index is 2.11. The lowest BCUT2D eigenvalue weighted by molar-refractivity contribution is 0.420. The standard InChI is InChI=1S/C10H16OS2Si/c1-7(13)10-3-2-8(4-10)9(5-10)14-11-6-12/h5,8,12H,2-4,6,14H2,1H3. The van der Waals surface area contributed by atoms with Crippen LogP contribution >= 0.6 is 24.8 Å². The van der Waals surface area contributed by atoms with E-state index in [-0.39, 0.29) is 5.41 Å². The Labute approximate surface area is 98.6 Å². The number of hydrogen-bond acceptors (Lipinski definition) is 3. The molecule has 2 unspecified atom stereocenters. The van der Waals surface area contributed by atoms with Gasteiger partial charge in [-0.3, -0.25) is 0 Å². The molecule has 1 saturated carbocycles. The lowest BCUT2D eigenvalue weighted by atomic mass is 9.85. The first-order valence-corrected chi connectivity index (χ1v) is 7.42. The highest BCUT2D eigenvalue weighted by molar-refractivity contribution is 7.80. The predicted octanol–water partition coefficient (Wildman–Crippen LogP) is 2.05. The first kappa shape index (κ1) is 10.9. The predicted molar refractivity (Wildman–Crippen MR) is 69.6 cm³/mol. The van der Waals surface area contributed by atoms with Gasteiger partial charge in [-0.15, -0.1) is 0 Å². The monoisotopic (exact) mass is 244 g/mol. The second-order valence-electron chi connectivity index (χ2n) is 4.35. The van der Waals surface area contributed by atoms with E-state index in [1.54, 1.807) is 5.20 Å². The van der Waals surface area contributed by atoms with Crippen LogP contribution in [0.25, 0.3) is 0 Å². The third-order valence-electron chi connectivity index (χ3n) is 3.60. The third kappa shape index (κ3) is 1.73. The summed E-state index contributed by atoms with van der Waals surface area (Å²) in [5, 5.41) is 1.59. The van der Waals surface area contributed by atoms with E-state index >= 15 is 0 Å². The Morgan fingerprint density at radius 3 is 3.21 bits per heavy atom. The smallest absolute Gasteiger partial charge is 0.189 e. The Kier molecular flexibility index (Phi) is 3.17. The highest BCUT2D eigenvalue weighted by Crippen LogP contribution is 2.53. The van der Waals surface area contributed by atoms with Crippen molar-refractivity contribution in [2.24, 2.45) is 11.3 Å². The van der Waals surface area contributed by atoms with Gasteiger partial charge < -0.3 is 4.43 Å². The molecule has 2 aliphatic rings. The van der Waals surface area contributed by atoms with Crippen molar-refractivity contribution in [1.29, 1.82) is 0 Å². The molecule has 2 aliphatic carbocycles. The minimum Gasteiger partial charge on any atom is -0.410 e. The largest absolute Gasteiger partial charge is 0.410 e. The summed E-state index contributed by atoms with van der Waals surface area (Å²) in [6, 6.07) is 0. The van der Waals surface area contributed by atoms with Crippen LogP contribution < -0.4 is 0 Å². The van der Waals surface area contributed by atoms with E-state index in [0.717, 1.165) is 5.92 Å². The van der Waals surface area contributed by atoms with E-state index in [1.165, 1.54) is 24.1 Å². The summed E-state index contributed by atoms with van der Waals surface area (Å²) in [4.78, 5) is 1.18. The fourth-order valence-corrected chi connectivity index (χ4v) is 4.64. The fraction of sp³-hybridized carbons (Fsp3) is 0.700. The average molecular weight is 244 g/mol. The van der Waals surface area contributed by atoms with Crippen LogP contribution in [-0.4, -0.2) is 20.6 Å². The SMILES string of the molecule is CC(=S)C12C=C([SiH2]OCS)C(CC1)C2. The third-order valence-corrected chi connectivity index (χ3v) is 6.05. The Bertz CT molecular complexity index is 290. The molecule has 2 bridgehead atoms. The molecule has 0 aromatic heterocycles. The van der Waals surface area contributed by atoms with Crippen LogP contribution in [0.2, 0.25) is 0 Å². The molecular formula is C10H16OS2Si. The van der Waals surface area contributed by atoms with Crippen molar-refractivity contribution in [3.8, 4) is 0 Å². The zero-order valence-electron chi connectivity index (χ0n) is 8.45. The summed E-state index contributed by atoms with van der Waals surface area (Å²) >= 11 is 9.46. The van der Waals surface area contributed by atoms with Gasteiger partial charge in [0.05, 0.1) is 5.94 Å². The van der Waals surface area contributed by atoms with E-state index in [4.69, 9.17) is 16.6 Å². The summed E-state index contributed by atoms with van der Waals surface area (Å²) in [6.07, 6.45) is 6.29. The van der Waals surface area contributed by atoms with Gasteiger partial charge in [0.15, 0.2) is 9.76 Å². The van der Waals surface area contributed by atoms with Crippen LogP contribution in [0.3, 0.4) is 0 Å². The molecule has 0 aliphatic heterocycles. The summed E-state index contributed by atoms with van der Waals surface area (Å²) < 4.78 is 5.49. The van der Waals surface area contributed by atoms with Gasteiger partial charge >= 0.3 is 0 Å². The Morgan fingerprint density at radius 2 is 2.64 bits per heavy atom. The van der Waals surface area contributed by atoms with Crippen molar-refractivity contribution >= 4 is 39.5 Å². The molecule has 78 valence electrons. The van der Waals surface area contributed by atoms with Gasteiger partial charge in [0.25, 0.3) is 0 Å². The maximum Gasteiger partial charge on any atom is 0.189 e. The second kappa shape index (κ2) is 4.08. The van der Waals surface area contributed by atoms with Crippen molar-refractivity contribution in [1.82, 2.24) is 0 Å². The maximum absolute atomic E-state index is 5.49. The molecule has 2 atom stereocenters.